The first kappa shape index (κ1) is 21.5. The first-order valence-electron chi connectivity index (χ1n) is 10.1. The number of amides is 3. The number of aryl methyl sites for hydroxylation is 3. The van der Waals surface area contributed by atoms with Gasteiger partial charge in [-0.1, -0.05) is 29.8 Å². The molecule has 0 fully saturated rings. The normalized spacial score (nSPS) is 15.1. The summed E-state index contributed by atoms with van der Waals surface area (Å²) in [7, 11) is 1.81. The van der Waals surface area contributed by atoms with Crippen LogP contribution in [-0.4, -0.2) is 43.9 Å². The van der Waals surface area contributed by atoms with Gasteiger partial charge >= 0.3 is 0 Å². The number of rotatable bonds is 5. The van der Waals surface area contributed by atoms with E-state index in [9.17, 15) is 14.4 Å². The van der Waals surface area contributed by atoms with Gasteiger partial charge in [-0.15, -0.1) is 0 Å². The molecule has 3 N–H and O–H groups in total. The fourth-order valence-corrected chi connectivity index (χ4v) is 3.84. The van der Waals surface area contributed by atoms with Crippen molar-refractivity contribution < 1.29 is 19.3 Å². The van der Waals surface area contributed by atoms with Crippen molar-refractivity contribution in [3.8, 4) is 0 Å². The summed E-state index contributed by atoms with van der Waals surface area (Å²) in [5.41, 5.74) is 5.29. The van der Waals surface area contributed by atoms with Crippen molar-refractivity contribution in [2.45, 2.75) is 33.7 Å². The maximum atomic E-state index is 13.1. The largest absolute Gasteiger partial charge is 0.323 e. The van der Waals surface area contributed by atoms with Crippen LogP contribution in [0.25, 0.3) is 0 Å². The number of carbonyl (C=O) groups is 3. The molecule has 0 spiro atoms. The van der Waals surface area contributed by atoms with Crippen molar-refractivity contribution in [3.05, 3.63) is 53.1 Å². The molecule has 0 aliphatic carbocycles. The number of carbonyl (C=O) groups excluding carboxylic acids is 3. The number of nitrogens with zero attached hydrogens (tertiary/aromatic N) is 1. The van der Waals surface area contributed by atoms with Gasteiger partial charge in [0.1, 0.15) is 6.54 Å². The van der Waals surface area contributed by atoms with Crippen LogP contribution in [-0.2, 0) is 14.4 Å². The van der Waals surface area contributed by atoms with Crippen LogP contribution in [0.5, 0.6) is 0 Å². The number of benzene rings is 2. The van der Waals surface area contributed by atoms with Gasteiger partial charge in [-0.3, -0.25) is 19.3 Å². The van der Waals surface area contributed by atoms with Crippen LogP contribution in [0.1, 0.15) is 23.6 Å². The Morgan fingerprint density at radius 1 is 1.17 bits per heavy atom. The van der Waals surface area contributed by atoms with Crippen LogP contribution < -0.4 is 20.4 Å². The van der Waals surface area contributed by atoms with Gasteiger partial charge in [0.05, 0.1) is 18.4 Å². The standard InChI is InChI=1S/C23H28N4O3/c1-14-10-15(2)22(16(3)11-14)25-20(28)12-26(5)17(4)23(30)27-13-21(29)24-18-8-6-7-9-19(18)27/h6-11,17H,12-13H2,1-5H3,(H,24,29)(H,25,28)/p+1/t17-/m0/s1. The molecule has 158 valence electrons. The van der Waals surface area contributed by atoms with Gasteiger partial charge in [0, 0.05) is 5.69 Å². The van der Waals surface area contributed by atoms with Gasteiger partial charge < -0.3 is 15.5 Å². The number of anilines is 3. The summed E-state index contributed by atoms with van der Waals surface area (Å²) in [5, 5.41) is 5.77. The molecule has 1 heterocycles. The summed E-state index contributed by atoms with van der Waals surface area (Å²) < 4.78 is 0. The Balaban J connectivity index is 1.69. The molecule has 0 saturated carbocycles. The maximum Gasteiger partial charge on any atom is 0.285 e. The summed E-state index contributed by atoms with van der Waals surface area (Å²) in [5.74, 6) is -0.570. The van der Waals surface area contributed by atoms with E-state index < -0.39 is 6.04 Å². The average Bonchev–Trinajstić information content (AvgIpc) is 2.68. The Morgan fingerprint density at radius 2 is 1.80 bits per heavy atom. The van der Waals surface area contributed by atoms with E-state index in [1.807, 2.05) is 58.2 Å². The first-order chi connectivity index (χ1) is 14.2. The third-order valence-electron chi connectivity index (χ3n) is 5.53. The second-order valence-electron chi connectivity index (χ2n) is 8.06. The minimum atomic E-state index is -0.491. The third-order valence-corrected chi connectivity index (χ3v) is 5.53. The predicted octanol–water partition coefficient (Wildman–Crippen LogP) is 1.44. The van der Waals surface area contributed by atoms with Crippen molar-refractivity contribution >= 4 is 34.8 Å². The van der Waals surface area contributed by atoms with E-state index in [1.165, 1.54) is 4.90 Å². The van der Waals surface area contributed by atoms with Gasteiger partial charge in [0.2, 0.25) is 5.91 Å². The lowest BCUT2D eigenvalue weighted by Crippen LogP contribution is -3.15. The Bertz CT molecular complexity index is 979. The maximum absolute atomic E-state index is 13.1. The summed E-state index contributed by atoms with van der Waals surface area (Å²) in [6.45, 7) is 7.86. The van der Waals surface area contributed by atoms with Crippen LogP contribution in [0, 0.1) is 20.8 Å². The molecule has 0 aromatic heterocycles. The van der Waals surface area contributed by atoms with E-state index in [0.29, 0.717) is 11.4 Å². The van der Waals surface area contributed by atoms with E-state index in [2.05, 4.69) is 10.6 Å². The van der Waals surface area contributed by atoms with Gasteiger partial charge in [-0.05, 0) is 51.0 Å². The molecule has 2 aromatic carbocycles. The first-order valence-corrected chi connectivity index (χ1v) is 10.1. The van der Waals surface area contributed by atoms with Crippen LogP contribution in [0.15, 0.2) is 36.4 Å². The quantitative estimate of drug-likeness (QED) is 0.699. The molecule has 0 radical (unpaired) electrons. The van der Waals surface area contributed by atoms with Crippen molar-refractivity contribution in [2.75, 3.05) is 35.7 Å². The summed E-state index contributed by atoms with van der Waals surface area (Å²) in [6.07, 6.45) is 0. The number of likely N-dealkylation sites (N-methyl/N-ethyl adjacent to an activating group) is 1. The number of hydrogen-bond acceptors (Lipinski definition) is 3. The Hall–Kier alpha value is -3.19. The zero-order chi connectivity index (χ0) is 22.0. The zero-order valence-corrected chi connectivity index (χ0v) is 18.1. The van der Waals surface area contributed by atoms with E-state index in [1.54, 1.807) is 13.0 Å². The van der Waals surface area contributed by atoms with E-state index in [0.717, 1.165) is 27.3 Å². The van der Waals surface area contributed by atoms with Crippen LogP contribution in [0.4, 0.5) is 17.1 Å². The van der Waals surface area contributed by atoms with Crippen LogP contribution in [0.3, 0.4) is 0 Å². The topological polar surface area (TPSA) is 83.0 Å². The molecular weight excluding hydrogens is 380 g/mol. The molecule has 1 aliphatic heterocycles. The smallest absolute Gasteiger partial charge is 0.285 e. The second-order valence-corrected chi connectivity index (χ2v) is 8.06. The molecule has 3 rings (SSSR count). The van der Waals surface area contributed by atoms with Crippen molar-refractivity contribution in [1.29, 1.82) is 0 Å². The molecular formula is C23H29N4O3+. The molecule has 0 bridgehead atoms. The van der Waals surface area contributed by atoms with Crippen LogP contribution >= 0.6 is 0 Å². The summed E-state index contributed by atoms with van der Waals surface area (Å²) in [4.78, 5) is 40.0. The predicted molar refractivity (Wildman–Crippen MR) is 118 cm³/mol. The number of hydrogen-bond donors (Lipinski definition) is 3. The highest BCUT2D eigenvalue weighted by atomic mass is 16.2. The van der Waals surface area contributed by atoms with Crippen molar-refractivity contribution in [1.82, 2.24) is 0 Å². The lowest BCUT2D eigenvalue weighted by molar-refractivity contribution is -0.885. The Kier molecular flexibility index (Phi) is 6.22. The molecule has 2 atom stereocenters. The SMILES string of the molecule is Cc1cc(C)c(NC(=O)C[NH+](C)[C@@H](C)C(=O)N2CC(=O)Nc3ccccc32)c(C)c1. The third kappa shape index (κ3) is 4.52. The molecule has 2 aromatic rings. The van der Waals surface area contributed by atoms with Gasteiger partial charge in [0.15, 0.2) is 12.6 Å². The fourth-order valence-electron chi connectivity index (χ4n) is 3.84. The molecule has 7 heteroatoms. The molecule has 1 unspecified atom stereocenters. The lowest BCUT2D eigenvalue weighted by Gasteiger charge is -2.32. The highest BCUT2D eigenvalue weighted by Gasteiger charge is 2.33. The highest BCUT2D eigenvalue weighted by Crippen LogP contribution is 2.29. The lowest BCUT2D eigenvalue weighted by atomic mass is 10.1. The van der Waals surface area contributed by atoms with Gasteiger partial charge in [-0.25, -0.2) is 0 Å². The Labute approximate surface area is 177 Å². The second kappa shape index (κ2) is 8.67. The highest BCUT2D eigenvalue weighted by molar-refractivity contribution is 6.10. The molecule has 0 saturated heterocycles. The van der Waals surface area contributed by atoms with Crippen molar-refractivity contribution in [3.63, 3.8) is 0 Å². The molecule has 7 nitrogen and oxygen atoms in total. The van der Waals surface area contributed by atoms with E-state index in [4.69, 9.17) is 0 Å². The molecule has 30 heavy (non-hydrogen) atoms. The van der Waals surface area contributed by atoms with Crippen LogP contribution in [0.2, 0.25) is 0 Å². The van der Waals surface area contributed by atoms with Gasteiger partial charge in [0.25, 0.3) is 11.8 Å². The van der Waals surface area contributed by atoms with E-state index in [-0.39, 0.29) is 30.8 Å². The number of nitrogens with one attached hydrogen (secondary N) is 3. The number of para-hydroxylation sites is 2. The minimum absolute atomic E-state index is 0.0264. The van der Waals surface area contributed by atoms with Crippen molar-refractivity contribution in [2.24, 2.45) is 0 Å². The molecule has 3 amide bonds. The van der Waals surface area contributed by atoms with Gasteiger partial charge in [-0.2, -0.15) is 0 Å². The number of fused-ring (bicyclic) bond motifs is 1. The number of quaternary nitrogens is 1. The Morgan fingerprint density at radius 3 is 2.47 bits per heavy atom. The summed E-state index contributed by atoms with van der Waals surface area (Å²) in [6, 6.07) is 10.8. The average molecular weight is 410 g/mol. The summed E-state index contributed by atoms with van der Waals surface area (Å²) >= 11 is 0. The minimum Gasteiger partial charge on any atom is -0.323 e. The van der Waals surface area contributed by atoms with E-state index >= 15 is 0 Å². The zero-order valence-electron chi connectivity index (χ0n) is 18.1. The fraction of sp³-hybridized carbons (Fsp3) is 0.348. The monoisotopic (exact) mass is 409 g/mol. The molecule has 1 aliphatic rings.